The summed E-state index contributed by atoms with van der Waals surface area (Å²) in [6, 6.07) is 12.5. The lowest BCUT2D eigenvalue weighted by atomic mass is 10.2. The monoisotopic (exact) mass is 287 g/mol. The van der Waals surface area contributed by atoms with Gasteiger partial charge in [-0.1, -0.05) is 11.6 Å². The van der Waals surface area contributed by atoms with Crippen molar-refractivity contribution >= 4 is 28.7 Å². The minimum absolute atomic E-state index is 0.509. The average molecular weight is 288 g/mol. The summed E-state index contributed by atoms with van der Waals surface area (Å²) in [7, 11) is 0. The molecule has 2 aromatic carbocycles. The zero-order chi connectivity index (χ0) is 14.5. The second kappa shape index (κ2) is 6.18. The molecular formula is C15H14ClN3O. The molecule has 20 heavy (non-hydrogen) atoms. The maximum absolute atomic E-state index is 9.10. The summed E-state index contributed by atoms with van der Waals surface area (Å²) in [5.74, 6) is 0.676. The van der Waals surface area contributed by atoms with E-state index in [9.17, 15) is 0 Å². The predicted octanol–water partition coefficient (Wildman–Crippen LogP) is 3.94. The molecule has 0 bridgehead atoms. The number of nitrogens with two attached hydrogens (primary N) is 1. The maximum atomic E-state index is 9.10. The van der Waals surface area contributed by atoms with Crippen molar-refractivity contribution in [2.24, 2.45) is 0 Å². The van der Waals surface area contributed by atoms with E-state index in [1.54, 1.807) is 30.3 Å². The molecule has 0 saturated heterocycles. The van der Waals surface area contributed by atoms with E-state index in [0.29, 0.717) is 34.3 Å². The van der Waals surface area contributed by atoms with E-state index < -0.39 is 0 Å². The first-order chi connectivity index (χ1) is 9.62. The fourth-order valence-corrected chi connectivity index (χ4v) is 1.99. The number of nitrogen functional groups attached to an aromatic ring is 1. The van der Waals surface area contributed by atoms with E-state index in [1.807, 2.05) is 13.0 Å². The lowest BCUT2D eigenvalue weighted by molar-refractivity contribution is 0.340. The van der Waals surface area contributed by atoms with Gasteiger partial charge in [-0.15, -0.1) is 0 Å². The van der Waals surface area contributed by atoms with Gasteiger partial charge in [-0.25, -0.2) is 0 Å². The number of anilines is 3. The number of benzene rings is 2. The molecule has 102 valence electrons. The molecule has 0 aliphatic rings. The number of hydrogen-bond donors (Lipinski definition) is 2. The molecule has 0 amide bonds. The fraction of sp³-hybridized carbons (Fsp3) is 0.133. The first-order valence-corrected chi connectivity index (χ1v) is 6.50. The fourth-order valence-electron chi connectivity index (χ4n) is 1.82. The Bertz CT molecular complexity index is 665. The van der Waals surface area contributed by atoms with Crippen molar-refractivity contribution in [1.82, 2.24) is 0 Å². The van der Waals surface area contributed by atoms with E-state index in [-0.39, 0.29) is 0 Å². The molecule has 0 atom stereocenters. The summed E-state index contributed by atoms with van der Waals surface area (Å²) in [4.78, 5) is 0. The van der Waals surface area contributed by atoms with Crippen LogP contribution in [0.1, 0.15) is 12.5 Å². The van der Waals surface area contributed by atoms with Crippen LogP contribution in [0.5, 0.6) is 5.75 Å². The van der Waals surface area contributed by atoms with Crippen LogP contribution < -0.4 is 15.8 Å². The lowest BCUT2D eigenvalue weighted by Crippen LogP contribution is -1.98. The average Bonchev–Trinajstić information content (AvgIpc) is 2.38. The molecule has 2 aromatic rings. The van der Waals surface area contributed by atoms with Crippen LogP contribution in [0.2, 0.25) is 5.02 Å². The van der Waals surface area contributed by atoms with E-state index >= 15 is 0 Å². The third-order valence-corrected chi connectivity index (χ3v) is 2.86. The van der Waals surface area contributed by atoms with Crippen LogP contribution in [-0.4, -0.2) is 6.61 Å². The quantitative estimate of drug-likeness (QED) is 0.836. The summed E-state index contributed by atoms with van der Waals surface area (Å²) < 4.78 is 5.43. The number of rotatable bonds is 4. The highest BCUT2D eigenvalue weighted by Crippen LogP contribution is 2.28. The van der Waals surface area contributed by atoms with Gasteiger partial charge in [0.25, 0.3) is 0 Å². The smallest absolute Gasteiger partial charge is 0.123 e. The highest BCUT2D eigenvalue weighted by Gasteiger charge is 2.05. The number of ether oxygens (including phenoxy) is 1. The number of nitrogens with zero attached hydrogens (tertiary/aromatic N) is 1. The van der Waals surface area contributed by atoms with Crippen LogP contribution in [0.4, 0.5) is 17.1 Å². The molecule has 5 heteroatoms. The number of hydrogen-bond acceptors (Lipinski definition) is 4. The molecule has 0 aliphatic carbocycles. The molecule has 3 N–H and O–H groups in total. The molecule has 0 unspecified atom stereocenters. The van der Waals surface area contributed by atoms with Crippen LogP contribution in [0.15, 0.2) is 36.4 Å². The van der Waals surface area contributed by atoms with Crippen LogP contribution in [0.25, 0.3) is 0 Å². The van der Waals surface area contributed by atoms with E-state index in [4.69, 9.17) is 27.3 Å². The van der Waals surface area contributed by atoms with Crippen molar-refractivity contribution in [1.29, 1.82) is 5.26 Å². The van der Waals surface area contributed by atoms with Crippen LogP contribution in [0, 0.1) is 11.3 Å². The van der Waals surface area contributed by atoms with Gasteiger partial charge in [0.15, 0.2) is 0 Å². The van der Waals surface area contributed by atoms with Crippen molar-refractivity contribution in [3.63, 3.8) is 0 Å². The Morgan fingerprint density at radius 2 is 2.10 bits per heavy atom. The van der Waals surface area contributed by atoms with Crippen molar-refractivity contribution in [2.45, 2.75) is 6.92 Å². The first-order valence-electron chi connectivity index (χ1n) is 6.12. The molecule has 0 saturated carbocycles. The predicted molar refractivity (Wildman–Crippen MR) is 81.5 cm³/mol. The van der Waals surface area contributed by atoms with Gasteiger partial charge in [-0.2, -0.15) is 5.26 Å². The molecule has 0 spiro atoms. The molecule has 0 fully saturated rings. The number of nitrogens with one attached hydrogen (secondary N) is 1. The Labute approximate surface area is 122 Å². The lowest BCUT2D eigenvalue weighted by Gasteiger charge is -2.11. The summed E-state index contributed by atoms with van der Waals surface area (Å²) in [6.45, 7) is 2.46. The SMILES string of the molecule is CCOc1cc(N)cc(Nc2cc(Cl)ccc2C#N)c1. The maximum Gasteiger partial charge on any atom is 0.123 e. The Balaban J connectivity index is 2.35. The first kappa shape index (κ1) is 14.0. The van der Waals surface area contributed by atoms with Gasteiger partial charge < -0.3 is 15.8 Å². The largest absolute Gasteiger partial charge is 0.494 e. The Morgan fingerprint density at radius 1 is 1.30 bits per heavy atom. The minimum atomic E-state index is 0.509. The van der Waals surface area contributed by atoms with Gasteiger partial charge in [0.1, 0.15) is 11.8 Å². The third-order valence-electron chi connectivity index (χ3n) is 2.62. The van der Waals surface area contributed by atoms with E-state index in [0.717, 1.165) is 5.69 Å². The summed E-state index contributed by atoms with van der Waals surface area (Å²) >= 11 is 5.95. The standard InChI is InChI=1S/C15H14ClN3O/c1-2-20-14-7-12(18)6-13(8-14)19-15-5-11(16)4-3-10(15)9-17/h3-8,19H,2,18H2,1H3. The molecule has 0 heterocycles. The van der Waals surface area contributed by atoms with Crippen molar-refractivity contribution in [3.8, 4) is 11.8 Å². The molecule has 4 nitrogen and oxygen atoms in total. The van der Waals surface area contributed by atoms with Gasteiger partial charge in [-0.3, -0.25) is 0 Å². The van der Waals surface area contributed by atoms with Gasteiger partial charge in [0.2, 0.25) is 0 Å². The van der Waals surface area contributed by atoms with Crippen molar-refractivity contribution < 1.29 is 4.74 Å². The van der Waals surface area contributed by atoms with Crippen LogP contribution in [0.3, 0.4) is 0 Å². The Hall–Kier alpha value is -2.38. The molecular weight excluding hydrogens is 274 g/mol. The van der Waals surface area contributed by atoms with E-state index in [1.165, 1.54) is 0 Å². The van der Waals surface area contributed by atoms with Crippen LogP contribution >= 0.6 is 11.6 Å². The second-order valence-corrected chi connectivity index (χ2v) is 4.59. The Morgan fingerprint density at radius 3 is 2.80 bits per heavy atom. The second-order valence-electron chi connectivity index (χ2n) is 4.15. The highest BCUT2D eigenvalue weighted by molar-refractivity contribution is 6.30. The zero-order valence-electron chi connectivity index (χ0n) is 11.0. The van der Waals surface area contributed by atoms with Crippen LogP contribution in [-0.2, 0) is 0 Å². The summed E-state index contributed by atoms with van der Waals surface area (Å²) in [6.07, 6.45) is 0. The molecule has 0 aromatic heterocycles. The Kier molecular flexibility index (Phi) is 4.34. The zero-order valence-corrected chi connectivity index (χ0v) is 11.7. The topological polar surface area (TPSA) is 71.1 Å². The summed E-state index contributed by atoms with van der Waals surface area (Å²) in [5.41, 5.74) is 8.30. The van der Waals surface area contributed by atoms with E-state index in [2.05, 4.69) is 11.4 Å². The van der Waals surface area contributed by atoms with Gasteiger partial charge in [0, 0.05) is 28.5 Å². The molecule has 0 radical (unpaired) electrons. The normalized spacial score (nSPS) is 9.85. The highest BCUT2D eigenvalue weighted by atomic mass is 35.5. The number of nitriles is 1. The molecule has 2 rings (SSSR count). The van der Waals surface area contributed by atoms with Gasteiger partial charge >= 0.3 is 0 Å². The third kappa shape index (κ3) is 3.34. The van der Waals surface area contributed by atoms with Gasteiger partial charge in [-0.05, 0) is 31.2 Å². The minimum Gasteiger partial charge on any atom is -0.494 e. The summed E-state index contributed by atoms with van der Waals surface area (Å²) in [5, 5.41) is 12.8. The van der Waals surface area contributed by atoms with Crippen molar-refractivity contribution in [3.05, 3.63) is 47.0 Å². The number of halogens is 1. The van der Waals surface area contributed by atoms with Gasteiger partial charge in [0.05, 0.1) is 17.9 Å². The molecule has 0 aliphatic heterocycles. The van der Waals surface area contributed by atoms with Crippen molar-refractivity contribution in [2.75, 3.05) is 17.7 Å².